The Morgan fingerprint density at radius 3 is 2.61 bits per heavy atom. The average molecular weight is 325 g/mol. The highest BCUT2D eigenvalue weighted by Gasteiger charge is 2.13. The van der Waals surface area contributed by atoms with Gasteiger partial charge in [0, 0.05) is 18.0 Å². The molecule has 0 aliphatic heterocycles. The fourth-order valence-electron chi connectivity index (χ4n) is 2.08. The van der Waals surface area contributed by atoms with Gasteiger partial charge in [-0.3, -0.25) is 4.98 Å². The van der Waals surface area contributed by atoms with Crippen molar-refractivity contribution in [1.29, 1.82) is 0 Å². The van der Waals surface area contributed by atoms with Crippen molar-refractivity contribution < 1.29 is 9.84 Å². The molecule has 0 radical (unpaired) electrons. The molecule has 1 aromatic carbocycles. The Morgan fingerprint density at radius 2 is 1.83 bits per heavy atom. The zero-order chi connectivity index (χ0) is 15.6. The monoisotopic (exact) mass is 325 g/mol. The van der Waals surface area contributed by atoms with Crippen LogP contribution in [0.15, 0.2) is 48.8 Å². The van der Waals surface area contributed by atoms with Gasteiger partial charge in [0.25, 0.3) is 0 Å². The third-order valence-electron chi connectivity index (χ3n) is 3.17. The van der Waals surface area contributed by atoms with E-state index in [-0.39, 0.29) is 5.75 Å². The molecular weight excluding hydrogens is 314 g/mol. The molecule has 114 valence electrons. The van der Waals surface area contributed by atoms with Gasteiger partial charge in [0.1, 0.15) is 18.1 Å². The van der Waals surface area contributed by atoms with Gasteiger partial charge in [0.15, 0.2) is 10.8 Å². The Labute approximate surface area is 134 Å². The number of hydrogen-bond donors (Lipinski definition) is 1. The van der Waals surface area contributed by atoms with Crippen LogP contribution < -0.4 is 4.74 Å². The smallest absolute Gasteiger partial charge is 0.235 e. The average Bonchev–Trinajstić information content (AvgIpc) is 3.15. The third-order valence-corrected chi connectivity index (χ3v) is 4.04. The normalized spacial score (nSPS) is 11.0. The van der Waals surface area contributed by atoms with Gasteiger partial charge in [-0.15, -0.1) is 10.2 Å². The number of fused-ring (bicyclic) bond motifs is 1. The van der Waals surface area contributed by atoms with Crippen LogP contribution in [-0.2, 0) is 6.61 Å². The van der Waals surface area contributed by atoms with E-state index in [2.05, 4.69) is 20.3 Å². The van der Waals surface area contributed by atoms with Gasteiger partial charge in [-0.05, 0) is 36.4 Å². The van der Waals surface area contributed by atoms with Crippen LogP contribution in [0.1, 0.15) is 5.01 Å². The van der Waals surface area contributed by atoms with Crippen LogP contribution in [0, 0.1) is 0 Å². The molecule has 0 unspecified atom stereocenters. The van der Waals surface area contributed by atoms with Crippen LogP contribution in [0.25, 0.3) is 16.3 Å². The van der Waals surface area contributed by atoms with Crippen molar-refractivity contribution in [3.63, 3.8) is 0 Å². The number of ether oxygens (including phenoxy) is 1. The summed E-state index contributed by atoms with van der Waals surface area (Å²) >= 11 is 1.42. The van der Waals surface area contributed by atoms with E-state index in [9.17, 15) is 5.11 Å². The van der Waals surface area contributed by atoms with Gasteiger partial charge in [-0.2, -0.15) is 9.61 Å². The van der Waals surface area contributed by atoms with Gasteiger partial charge in [-0.1, -0.05) is 11.3 Å². The minimum absolute atomic E-state index is 0.207. The van der Waals surface area contributed by atoms with Crippen LogP contribution >= 0.6 is 11.3 Å². The molecule has 0 bridgehead atoms. The molecule has 7 nitrogen and oxygen atoms in total. The highest BCUT2D eigenvalue weighted by molar-refractivity contribution is 7.16. The molecule has 1 N–H and O–H groups in total. The number of pyridine rings is 1. The highest BCUT2D eigenvalue weighted by Crippen LogP contribution is 2.22. The number of nitrogens with zero attached hydrogens (tertiary/aromatic N) is 5. The Kier molecular flexibility index (Phi) is 3.35. The van der Waals surface area contributed by atoms with Gasteiger partial charge in [0.05, 0.1) is 0 Å². The number of benzene rings is 1. The minimum atomic E-state index is 0.207. The summed E-state index contributed by atoms with van der Waals surface area (Å²) in [5.41, 5.74) is 0.906. The predicted molar refractivity (Wildman–Crippen MR) is 84.3 cm³/mol. The molecule has 3 heterocycles. The molecule has 0 aliphatic carbocycles. The van der Waals surface area contributed by atoms with Crippen molar-refractivity contribution >= 4 is 16.3 Å². The van der Waals surface area contributed by atoms with Gasteiger partial charge in [0.2, 0.25) is 4.96 Å². The van der Waals surface area contributed by atoms with E-state index in [1.54, 1.807) is 41.2 Å². The molecule has 0 spiro atoms. The van der Waals surface area contributed by atoms with Gasteiger partial charge >= 0.3 is 0 Å². The molecule has 23 heavy (non-hydrogen) atoms. The Bertz CT molecular complexity index is 934. The zero-order valence-corrected chi connectivity index (χ0v) is 12.6. The topological polar surface area (TPSA) is 85.4 Å². The number of aromatic nitrogens is 5. The third kappa shape index (κ3) is 2.71. The van der Waals surface area contributed by atoms with Crippen LogP contribution in [0.3, 0.4) is 0 Å². The van der Waals surface area contributed by atoms with Gasteiger partial charge in [-0.25, -0.2) is 0 Å². The molecule has 8 heteroatoms. The fraction of sp³-hybridized carbons (Fsp3) is 0.0667. The number of phenolic OH excluding ortho intramolecular Hbond substituents is 1. The fourth-order valence-corrected chi connectivity index (χ4v) is 2.83. The summed E-state index contributed by atoms with van der Waals surface area (Å²) in [7, 11) is 0. The first-order chi connectivity index (χ1) is 11.3. The Balaban J connectivity index is 1.57. The lowest BCUT2D eigenvalue weighted by atomic mass is 10.2. The lowest BCUT2D eigenvalue weighted by Crippen LogP contribution is -1.97. The second-order valence-electron chi connectivity index (χ2n) is 4.73. The highest BCUT2D eigenvalue weighted by atomic mass is 32.1. The maximum absolute atomic E-state index is 9.26. The molecule has 0 amide bonds. The summed E-state index contributed by atoms with van der Waals surface area (Å²) in [5.74, 6) is 1.55. The van der Waals surface area contributed by atoms with Crippen LogP contribution in [0.2, 0.25) is 0 Å². The largest absolute Gasteiger partial charge is 0.508 e. The molecule has 0 fully saturated rings. The first-order valence-corrected chi connectivity index (χ1v) is 7.64. The van der Waals surface area contributed by atoms with E-state index in [0.29, 0.717) is 23.1 Å². The van der Waals surface area contributed by atoms with E-state index in [0.717, 1.165) is 10.6 Å². The van der Waals surface area contributed by atoms with Crippen molar-refractivity contribution in [1.82, 2.24) is 24.8 Å². The number of aromatic hydroxyl groups is 1. The van der Waals surface area contributed by atoms with Crippen molar-refractivity contribution in [2.24, 2.45) is 0 Å². The Morgan fingerprint density at radius 1 is 1.04 bits per heavy atom. The van der Waals surface area contributed by atoms with Crippen molar-refractivity contribution in [3.05, 3.63) is 53.8 Å². The van der Waals surface area contributed by atoms with Crippen molar-refractivity contribution in [2.45, 2.75) is 6.61 Å². The number of phenols is 1. The summed E-state index contributed by atoms with van der Waals surface area (Å²) in [6, 6.07) is 10.3. The minimum Gasteiger partial charge on any atom is -0.508 e. The Hall–Kier alpha value is -3.00. The molecule has 0 atom stereocenters. The molecular formula is C15H11N5O2S. The maximum atomic E-state index is 9.26. The lowest BCUT2D eigenvalue weighted by molar-refractivity contribution is 0.303. The number of rotatable bonds is 4. The predicted octanol–water partition coefficient (Wildman–Crippen LogP) is 2.53. The summed E-state index contributed by atoms with van der Waals surface area (Å²) in [4.78, 5) is 4.71. The first-order valence-electron chi connectivity index (χ1n) is 6.83. The van der Waals surface area contributed by atoms with Crippen LogP contribution in [0.4, 0.5) is 0 Å². The van der Waals surface area contributed by atoms with Crippen molar-refractivity contribution in [2.75, 3.05) is 0 Å². The molecule has 0 saturated heterocycles. The molecule has 0 aliphatic rings. The van der Waals surface area contributed by atoms with Crippen LogP contribution in [0.5, 0.6) is 11.5 Å². The summed E-state index contributed by atoms with van der Waals surface area (Å²) in [5, 5.41) is 22.8. The second-order valence-corrected chi connectivity index (χ2v) is 5.77. The quantitative estimate of drug-likeness (QED) is 0.620. The van der Waals surface area contributed by atoms with Crippen molar-refractivity contribution in [3.8, 4) is 22.9 Å². The van der Waals surface area contributed by atoms with E-state index >= 15 is 0 Å². The molecule has 0 saturated carbocycles. The maximum Gasteiger partial charge on any atom is 0.235 e. The summed E-state index contributed by atoms with van der Waals surface area (Å²) < 4.78 is 7.36. The summed E-state index contributed by atoms with van der Waals surface area (Å²) in [6.07, 6.45) is 3.41. The number of hydrogen-bond acceptors (Lipinski definition) is 7. The van der Waals surface area contributed by atoms with E-state index < -0.39 is 0 Å². The molecule has 4 aromatic rings. The van der Waals surface area contributed by atoms with Crippen LogP contribution in [-0.4, -0.2) is 29.9 Å². The second kappa shape index (κ2) is 5.65. The van der Waals surface area contributed by atoms with E-state index in [1.807, 2.05) is 12.1 Å². The van der Waals surface area contributed by atoms with Gasteiger partial charge < -0.3 is 9.84 Å². The molecule has 3 aromatic heterocycles. The first kappa shape index (κ1) is 13.6. The summed E-state index contributed by atoms with van der Waals surface area (Å²) in [6.45, 7) is 0.328. The standard InChI is InChI=1S/C15H11N5O2S/c21-11-1-3-12(4-2-11)22-9-13-19-20-14(17-18-15(20)23-13)10-5-7-16-8-6-10/h1-8,21H,9H2. The van der Waals surface area contributed by atoms with E-state index in [1.165, 1.54) is 11.3 Å². The zero-order valence-electron chi connectivity index (χ0n) is 11.8. The van der Waals surface area contributed by atoms with E-state index in [4.69, 9.17) is 4.74 Å². The lowest BCUT2D eigenvalue weighted by Gasteiger charge is -2.03. The molecule has 4 rings (SSSR count). The SMILES string of the molecule is Oc1ccc(OCc2nn3c(-c4ccncc4)nnc3s2)cc1.